The van der Waals surface area contributed by atoms with E-state index in [0.29, 0.717) is 5.56 Å². The molecule has 0 N–H and O–H groups in total. The largest absolute Gasteiger partial charge is 0.295 e. The number of hydrogen-bond donors (Lipinski definition) is 1. The molecular formula is C8H8O2S2. The Morgan fingerprint density at radius 1 is 1.42 bits per heavy atom. The minimum atomic E-state index is 0.0679. The van der Waals surface area contributed by atoms with Crippen molar-refractivity contribution in [1.82, 2.24) is 0 Å². The van der Waals surface area contributed by atoms with E-state index in [4.69, 9.17) is 0 Å². The van der Waals surface area contributed by atoms with Crippen molar-refractivity contribution >= 4 is 30.7 Å². The van der Waals surface area contributed by atoms with E-state index in [1.807, 2.05) is 12.1 Å². The Hall–Kier alpha value is -0.450. The molecule has 0 unspecified atom stereocenters. The SMILES string of the molecule is CC(=O)c1ccc(SOS)cc1. The van der Waals surface area contributed by atoms with Gasteiger partial charge in [-0.05, 0) is 32.0 Å². The van der Waals surface area contributed by atoms with Crippen LogP contribution in [0.3, 0.4) is 0 Å². The number of ketones is 1. The van der Waals surface area contributed by atoms with Crippen LogP contribution in [0.2, 0.25) is 0 Å². The van der Waals surface area contributed by atoms with Crippen LogP contribution in [-0.2, 0) is 3.63 Å². The molecule has 2 nitrogen and oxygen atoms in total. The van der Waals surface area contributed by atoms with Crippen LogP contribution in [0.4, 0.5) is 0 Å². The molecule has 0 radical (unpaired) electrons. The number of carbonyl (C=O) groups is 1. The van der Waals surface area contributed by atoms with Gasteiger partial charge >= 0.3 is 0 Å². The standard InChI is InChI=1S/C8H8O2S2/c1-6(9)7-2-4-8(5-3-7)12-10-11/h2-5,11H,1H3. The number of carbonyl (C=O) groups excluding carboxylic acids is 1. The van der Waals surface area contributed by atoms with Crippen LogP contribution in [-0.4, -0.2) is 5.78 Å². The maximum absolute atomic E-state index is 10.9. The zero-order chi connectivity index (χ0) is 8.97. The Morgan fingerprint density at radius 2 is 2.00 bits per heavy atom. The van der Waals surface area contributed by atoms with Gasteiger partial charge in [0.25, 0.3) is 0 Å². The van der Waals surface area contributed by atoms with Crippen molar-refractivity contribution in [3.8, 4) is 0 Å². The topological polar surface area (TPSA) is 26.3 Å². The highest BCUT2D eigenvalue weighted by molar-refractivity contribution is 8.01. The third-order valence-corrected chi connectivity index (χ3v) is 2.16. The summed E-state index contributed by atoms with van der Waals surface area (Å²) < 4.78 is 4.55. The fraction of sp³-hybridized carbons (Fsp3) is 0.125. The van der Waals surface area contributed by atoms with Crippen molar-refractivity contribution in [2.24, 2.45) is 0 Å². The van der Waals surface area contributed by atoms with Gasteiger partial charge in [-0.15, -0.1) is 0 Å². The molecule has 1 aromatic carbocycles. The van der Waals surface area contributed by atoms with E-state index in [0.717, 1.165) is 16.9 Å². The highest BCUT2D eigenvalue weighted by atomic mass is 32.2. The molecule has 1 aromatic rings. The van der Waals surface area contributed by atoms with Crippen LogP contribution in [0.15, 0.2) is 29.2 Å². The summed E-state index contributed by atoms with van der Waals surface area (Å²) in [7, 11) is 0. The number of Topliss-reactive ketones (excluding diaryl/α,β-unsaturated/α-hetero) is 1. The summed E-state index contributed by atoms with van der Waals surface area (Å²) in [4.78, 5) is 11.8. The Balaban J connectivity index is 2.78. The van der Waals surface area contributed by atoms with Crippen LogP contribution >= 0.6 is 25.0 Å². The fourth-order valence-corrected chi connectivity index (χ4v) is 1.38. The monoisotopic (exact) mass is 200 g/mol. The number of thiol groups is 1. The third kappa shape index (κ3) is 2.55. The quantitative estimate of drug-likeness (QED) is 0.461. The molecule has 0 heterocycles. The second-order valence-corrected chi connectivity index (χ2v) is 3.47. The smallest absolute Gasteiger partial charge is 0.159 e. The minimum Gasteiger partial charge on any atom is -0.295 e. The van der Waals surface area contributed by atoms with Crippen molar-refractivity contribution in [2.45, 2.75) is 11.8 Å². The molecule has 0 bridgehead atoms. The van der Waals surface area contributed by atoms with E-state index in [2.05, 4.69) is 16.5 Å². The van der Waals surface area contributed by atoms with Gasteiger partial charge in [0, 0.05) is 22.5 Å². The Kier molecular flexibility index (Phi) is 3.65. The summed E-state index contributed by atoms with van der Waals surface area (Å²) in [6, 6.07) is 7.16. The van der Waals surface area contributed by atoms with Gasteiger partial charge in [-0.2, -0.15) is 0 Å². The Labute approximate surface area is 81.1 Å². The van der Waals surface area contributed by atoms with Gasteiger partial charge in [0.1, 0.15) is 0 Å². The average Bonchev–Trinajstić information content (AvgIpc) is 2.06. The van der Waals surface area contributed by atoms with Crippen molar-refractivity contribution in [2.75, 3.05) is 0 Å². The molecule has 0 aliphatic carbocycles. The lowest BCUT2D eigenvalue weighted by molar-refractivity contribution is 0.101. The van der Waals surface area contributed by atoms with Crippen LogP contribution in [0.25, 0.3) is 0 Å². The highest BCUT2D eigenvalue weighted by Crippen LogP contribution is 2.20. The molecular weight excluding hydrogens is 192 g/mol. The molecule has 0 saturated heterocycles. The summed E-state index contributed by atoms with van der Waals surface area (Å²) in [5.74, 6) is 0.0679. The van der Waals surface area contributed by atoms with E-state index < -0.39 is 0 Å². The molecule has 0 amide bonds. The number of benzene rings is 1. The number of hydrogen-bond acceptors (Lipinski definition) is 4. The lowest BCUT2D eigenvalue weighted by Gasteiger charge is -1.97. The summed E-state index contributed by atoms with van der Waals surface area (Å²) in [6.45, 7) is 1.54. The molecule has 0 aliphatic rings. The normalized spacial score (nSPS) is 9.83. The summed E-state index contributed by atoms with van der Waals surface area (Å²) in [5, 5.41) is 0. The van der Waals surface area contributed by atoms with Crippen LogP contribution in [0.1, 0.15) is 17.3 Å². The first-order valence-corrected chi connectivity index (χ1v) is 4.44. The van der Waals surface area contributed by atoms with E-state index in [1.54, 1.807) is 12.1 Å². The van der Waals surface area contributed by atoms with Crippen LogP contribution in [0.5, 0.6) is 0 Å². The van der Waals surface area contributed by atoms with E-state index in [-0.39, 0.29) is 5.78 Å². The predicted molar refractivity (Wildman–Crippen MR) is 52.4 cm³/mol. The van der Waals surface area contributed by atoms with Gasteiger partial charge in [-0.25, -0.2) is 3.63 Å². The zero-order valence-corrected chi connectivity index (χ0v) is 8.19. The van der Waals surface area contributed by atoms with Gasteiger partial charge in [0.2, 0.25) is 0 Å². The average molecular weight is 200 g/mol. The maximum atomic E-state index is 10.9. The predicted octanol–water partition coefficient (Wildman–Crippen LogP) is 2.76. The molecule has 0 fully saturated rings. The Bertz CT molecular complexity index is 269. The first kappa shape index (κ1) is 9.64. The summed E-state index contributed by atoms with van der Waals surface area (Å²) >= 11 is 4.74. The summed E-state index contributed by atoms with van der Waals surface area (Å²) in [6.07, 6.45) is 0. The maximum Gasteiger partial charge on any atom is 0.159 e. The highest BCUT2D eigenvalue weighted by Gasteiger charge is 1.98. The van der Waals surface area contributed by atoms with Crippen molar-refractivity contribution in [1.29, 1.82) is 0 Å². The Morgan fingerprint density at radius 3 is 2.42 bits per heavy atom. The first-order chi connectivity index (χ1) is 5.74. The van der Waals surface area contributed by atoms with Crippen LogP contribution in [0, 0.1) is 0 Å². The second kappa shape index (κ2) is 4.54. The van der Waals surface area contributed by atoms with Gasteiger partial charge in [-0.3, -0.25) is 4.79 Å². The molecule has 0 spiro atoms. The van der Waals surface area contributed by atoms with E-state index in [9.17, 15) is 4.79 Å². The van der Waals surface area contributed by atoms with Gasteiger partial charge < -0.3 is 0 Å². The van der Waals surface area contributed by atoms with E-state index in [1.165, 1.54) is 6.92 Å². The molecule has 0 atom stereocenters. The number of rotatable bonds is 3. The van der Waals surface area contributed by atoms with Crippen LogP contribution < -0.4 is 0 Å². The fourth-order valence-electron chi connectivity index (χ4n) is 0.788. The summed E-state index contributed by atoms with van der Waals surface area (Å²) in [5.41, 5.74) is 0.707. The molecule has 64 valence electrons. The zero-order valence-electron chi connectivity index (χ0n) is 6.48. The molecule has 0 saturated carbocycles. The van der Waals surface area contributed by atoms with Gasteiger partial charge in [0.15, 0.2) is 5.78 Å². The van der Waals surface area contributed by atoms with Crippen molar-refractivity contribution in [3.63, 3.8) is 0 Å². The minimum absolute atomic E-state index is 0.0679. The molecule has 1 rings (SSSR count). The van der Waals surface area contributed by atoms with Gasteiger partial charge in [0.05, 0.1) is 0 Å². The van der Waals surface area contributed by atoms with E-state index >= 15 is 0 Å². The van der Waals surface area contributed by atoms with Gasteiger partial charge in [-0.1, -0.05) is 12.1 Å². The molecule has 0 aromatic heterocycles. The van der Waals surface area contributed by atoms with Crippen molar-refractivity contribution < 1.29 is 8.42 Å². The first-order valence-electron chi connectivity index (χ1n) is 3.33. The van der Waals surface area contributed by atoms with Crippen molar-refractivity contribution in [3.05, 3.63) is 29.8 Å². The molecule has 4 heteroatoms. The molecule has 0 aliphatic heterocycles. The third-order valence-electron chi connectivity index (χ3n) is 1.39. The lowest BCUT2D eigenvalue weighted by atomic mass is 10.2. The molecule has 12 heavy (non-hydrogen) atoms. The lowest BCUT2D eigenvalue weighted by Crippen LogP contribution is -1.89. The second-order valence-electron chi connectivity index (χ2n) is 2.24.